The molecule has 1 saturated carbocycles. The van der Waals surface area contributed by atoms with E-state index in [4.69, 9.17) is 9.84 Å². The second kappa shape index (κ2) is 6.30. The maximum atomic E-state index is 11.5. The van der Waals surface area contributed by atoms with Crippen molar-refractivity contribution < 1.29 is 19.4 Å². The molecule has 0 radical (unpaired) electrons. The molecule has 0 heterocycles. The van der Waals surface area contributed by atoms with Crippen LogP contribution in [0.15, 0.2) is 11.6 Å². The minimum absolute atomic E-state index is 0.0351. The molecule has 4 heteroatoms. The van der Waals surface area contributed by atoms with Crippen molar-refractivity contribution >= 4 is 11.9 Å². The summed E-state index contributed by atoms with van der Waals surface area (Å²) in [6.07, 6.45) is 7.19. The van der Waals surface area contributed by atoms with Gasteiger partial charge in [0.1, 0.15) is 6.10 Å². The number of carboxylic acid groups (broad SMARTS) is 1. The minimum Gasteiger partial charge on any atom is -0.478 e. The molecule has 0 aromatic heterocycles. The van der Waals surface area contributed by atoms with E-state index in [1.807, 2.05) is 0 Å². The van der Waals surface area contributed by atoms with Gasteiger partial charge in [-0.25, -0.2) is 9.59 Å². The zero-order valence-corrected chi connectivity index (χ0v) is 9.57. The summed E-state index contributed by atoms with van der Waals surface area (Å²) >= 11 is 0. The third-order valence-corrected chi connectivity index (χ3v) is 2.74. The number of carboxylic acids is 1. The normalized spacial score (nSPS) is 18.9. The molecule has 1 fully saturated rings. The van der Waals surface area contributed by atoms with E-state index < -0.39 is 11.9 Å². The summed E-state index contributed by atoms with van der Waals surface area (Å²) in [5.41, 5.74) is 0.150. The maximum Gasteiger partial charge on any atom is 0.334 e. The van der Waals surface area contributed by atoms with E-state index in [0.29, 0.717) is 0 Å². The fourth-order valence-electron chi connectivity index (χ4n) is 1.85. The highest BCUT2D eigenvalue weighted by molar-refractivity contribution is 5.95. The Morgan fingerprint density at radius 1 is 1.19 bits per heavy atom. The van der Waals surface area contributed by atoms with Gasteiger partial charge in [0.05, 0.1) is 0 Å². The summed E-state index contributed by atoms with van der Waals surface area (Å²) in [7, 11) is 0. The molecule has 1 aliphatic rings. The predicted octanol–water partition coefficient (Wildman–Crippen LogP) is 2.28. The average Bonchev–Trinajstić information content (AvgIpc) is 2.45. The van der Waals surface area contributed by atoms with Crippen LogP contribution in [0, 0.1) is 0 Å². The van der Waals surface area contributed by atoms with Crippen molar-refractivity contribution in [3.05, 3.63) is 11.6 Å². The highest BCUT2D eigenvalue weighted by Crippen LogP contribution is 2.20. The highest BCUT2D eigenvalue weighted by atomic mass is 16.5. The minimum atomic E-state index is -1.12. The lowest BCUT2D eigenvalue weighted by Gasteiger charge is -2.15. The number of hydrogen-bond acceptors (Lipinski definition) is 3. The van der Waals surface area contributed by atoms with Gasteiger partial charge in [-0.15, -0.1) is 0 Å². The molecule has 0 aromatic rings. The first kappa shape index (κ1) is 12.7. The van der Waals surface area contributed by atoms with Crippen molar-refractivity contribution in [2.45, 2.75) is 51.6 Å². The molecule has 0 bridgehead atoms. The van der Waals surface area contributed by atoms with Crippen LogP contribution in [-0.2, 0) is 14.3 Å². The van der Waals surface area contributed by atoms with Crippen molar-refractivity contribution in [1.82, 2.24) is 0 Å². The molecule has 0 aromatic carbocycles. The SMILES string of the molecule is CC(=CC(=O)O)C(=O)OC1CCCCCC1. The van der Waals surface area contributed by atoms with Crippen molar-refractivity contribution in [2.75, 3.05) is 0 Å². The fraction of sp³-hybridized carbons (Fsp3) is 0.667. The number of rotatable bonds is 3. The van der Waals surface area contributed by atoms with E-state index in [-0.39, 0.29) is 11.7 Å². The number of aliphatic carboxylic acids is 1. The molecule has 4 nitrogen and oxygen atoms in total. The third kappa shape index (κ3) is 4.47. The van der Waals surface area contributed by atoms with Gasteiger partial charge < -0.3 is 9.84 Å². The van der Waals surface area contributed by atoms with Gasteiger partial charge in [0, 0.05) is 11.6 Å². The van der Waals surface area contributed by atoms with E-state index in [0.717, 1.165) is 31.8 Å². The van der Waals surface area contributed by atoms with Crippen LogP contribution in [0.1, 0.15) is 45.4 Å². The molecule has 0 amide bonds. The Labute approximate surface area is 95.3 Å². The molecule has 0 saturated heterocycles. The first-order valence-electron chi connectivity index (χ1n) is 5.72. The van der Waals surface area contributed by atoms with Gasteiger partial charge in [0.15, 0.2) is 0 Å². The molecule has 0 spiro atoms. The van der Waals surface area contributed by atoms with Crippen LogP contribution < -0.4 is 0 Å². The summed E-state index contributed by atoms with van der Waals surface area (Å²) in [6, 6.07) is 0. The Bertz CT molecular complexity index is 285. The Balaban J connectivity index is 2.46. The van der Waals surface area contributed by atoms with E-state index in [1.54, 1.807) is 0 Å². The smallest absolute Gasteiger partial charge is 0.334 e. The van der Waals surface area contributed by atoms with E-state index in [1.165, 1.54) is 19.8 Å². The number of carbonyl (C=O) groups excluding carboxylic acids is 1. The largest absolute Gasteiger partial charge is 0.478 e. The van der Waals surface area contributed by atoms with Crippen LogP contribution >= 0.6 is 0 Å². The van der Waals surface area contributed by atoms with Gasteiger partial charge in [-0.05, 0) is 32.6 Å². The molecule has 1 N–H and O–H groups in total. The number of ether oxygens (including phenoxy) is 1. The molecule has 1 aliphatic carbocycles. The summed E-state index contributed by atoms with van der Waals surface area (Å²) in [6.45, 7) is 1.47. The molecule has 0 unspecified atom stereocenters. The van der Waals surface area contributed by atoms with Crippen molar-refractivity contribution in [3.8, 4) is 0 Å². The first-order chi connectivity index (χ1) is 7.59. The summed E-state index contributed by atoms with van der Waals surface area (Å²) in [5.74, 6) is -1.62. The van der Waals surface area contributed by atoms with Gasteiger partial charge in [-0.2, -0.15) is 0 Å². The zero-order valence-electron chi connectivity index (χ0n) is 9.57. The number of esters is 1. The molecular formula is C12H18O4. The lowest BCUT2D eigenvalue weighted by Crippen LogP contribution is -2.18. The van der Waals surface area contributed by atoms with Gasteiger partial charge in [-0.3, -0.25) is 0 Å². The Kier molecular flexibility index (Phi) is 5.02. The molecule has 1 rings (SSSR count). The monoisotopic (exact) mass is 226 g/mol. The van der Waals surface area contributed by atoms with Gasteiger partial charge in [0.2, 0.25) is 0 Å². The second-order valence-corrected chi connectivity index (χ2v) is 4.18. The van der Waals surface area contributed by atoms with E-state index >= 15 is 0 Å². The van der Waals surface area contributed by atoms with Gasteiger partial charge >= 0.3 is 11.9 Å². The van der Waals surface area contributed by atoms with Crippen LogP contribution in [0.2, 0.25) is 0 Å². The summed E-state index contributed by atoms with van der Waals surface area (Å²) in [4.78, 5) is 21.9. The maximum absolute atomic E-state index is 11.5. The Morgan fingerprint density at radius 3 is 2.25 bits per heavy atom. The van der Waals surface area contributed by atoms with Gasteiger partial charge in [-0.1, -0.05) is 12.8 Å². The Morgan fingerprint density at radius 2 is 1.75 bits per heavy atom. The quantitative estimate of drug-likeness (QED) is 0.455. The summed E-state index contributed by atoms with van der Waals surface area (Å²) < 4.78 is 5.26. The van der Waals surface area contributed by atoms with Crippen LogP contribution in [0.3, 0.4) is 0 Å². The molecule has 0 aliphatic heterocycles. The topological polar surface area (TPSA) is 63.6 Å². The van der Waals surface area contributed by atoms with Crippen LogP contribution in [0.4, 0.5) is 0 Å². The molecule has 16 heavy (non-hydrogen) atoms. The molecule has 90 valence electrons. The molecule has 0 atom stereocenters. The fourth-order valence-corrected chi connectivity index (χ4v) is 1.85. The number of hydrogen-bond donors (Lipinski definition) is 1. The lowest BCUT2D eigenvalue weighted by atomic mass is 10.1. The summed E-state index contributed by atoms with van der Waals surface area (Å²) in [5, 5.41) is 8.50. The van der Waals surface area contributed by atoms with Crippen molar-refractivity contribution in [2.24, 2.45) is 0 Å². The second-order valence-electron chi connectivity index (χ2n) is 4.18. The van der Waals surface area contributed by atoms with Crippen LogP contribution in [0.25, 0.3) is 0 Å². The number of carbonyl (C=O) groups is 2. The standard InChI is InChI=1S/C12H18O4/c1-9(8-11(13)14)12(15)16-10-6-4-2-3-5-7-10/h8,10H,2-7H2,1H3,(H,13,14). The van der Waals surface area contributed by atoms with Gasteiger partial charge in [0.25, 0.3) is 0 Å². The van der Waals surface area contributed by atoms with Crippen LogP contribution in [-0.4, -0.2) is 23.1 Å². The highest BCUT2D eigenvalue weighted by Gasteiger charge is 2.17. The molecular weight excluding hydrogens is 208 g/mol. The van der Waals surface area contributed by atoms with E-state index in [9.17, 15) is 9.59 Å². The average molecular weight is 226 g/mol. The van der Waals surface area contributed by atoms with E-state index in [2.05, 4.69) is 0 Å². The lowest BCUT2D eigenvalue weighted by molar-refractivity contribution is -0.145. The third-order valence-electron chi connectivity index (χ3n) is 2.74. The first-order valence-corrected chi connectivity index (χ1v) is 5.72. The van der Waals surface area contributed by atoms with Crippen LogP contribution in [0.5, 0.6) is 0 Å². The zero-order chi connectivity index (χ0) is 12.0. The predicted molar refractivity (Wildman–Crippen MR) is 59.0 cm³/mol. The van der Waals surface area contributed by atoms with Crippen molar-refractivity contribution in [1.29, 1.82) is 0 Å². The van der Waals surface area contributed by atoms with Crippen molar-refractivity contribution in [3.63, 3.8) is 0 Å². The Hall–Kier alpha value is -1.32.